The maximum Gasteiger partial charge on any atom is 0.201 e. The predicted octanol–water partition coefficient (Wildman–Crippen LogP) is 2.59. The lowest BCUT2D eigenvalue weighted by atomic mass is 9.94. The Morgan fingerprint density at radius 3 is 2.89 bits per heavy atom. The Kier molecular flexibility index (Phi) is 2.57. The van der Waals surface area contributed by atoms with E-state index < -0.39 is 0 Å². The number of nitrogens with two attached hydrogens (primary N) is 1. The molecule has 102 valence electrons. The van der Waals surface area contributed by atoms with Crippen molar-refractivity contribution in [3.8, 4) is 0 Å². The van der Waals surface area contributed by atoms with Crippen LogP contribution >= 0.6 is 0 Å². The summed E-state index contributed by atoms with van der Waals surface area (Å²) in [6.45, 7) is 6.60. The minimum Gasteiger partial charge on any atom is -0.376 e. The van der Waals surface area contributed by atoms with Gasteiger partial charge in [-0.2, -0.15) is 0 Å². The Morgan fingerprint density at radius 2 is 2.26 bits per heavy atom. The van der Waals surface area contributed by atoms with Crippen LogP contribution in [0.2, 0.25) is 0 Å². The van der Waals surface area contributed by atoms with Crippen molar-refractivity contribution in [2.45, 2.75) is 38.8 Å². The van der Waals surface area contributed by atoms with Crippen LogP contribution in [0.4, 0.5) is 10.3 Å². The smallest absolute Gasteiger partial charge is 0.201 e. The molecule has 0 radical (unpaired) electrons. The van der Waals surface area contributed by atoms with E-state index in [0.717, 1.165) is 11.9 Å². The van der Waals surface area contributed by atoms with Crippen LogP contribution in [0, 0.1) is 12.7 Å². The molecule has 4 nitrogen and oxygen atoms in total. The quantitative estimate of drug-likeness (QED) is 0.860. The molecule has 0 saturated carbocycles. The van der Waals surface area contributed by atoms with Crippen molar-refractivity contribution in [1.82, 2.24) is 9.55 Å². The number of anilines is 1. The van der Waals surface area contributed by atoms with Gasteiger partial charge in [-0.05, 0) is 38.8 Å². The number of nitrogens with zero attached hydrogens (tertiary/aromatic N) is 2. The van der Waals surface area contributed by atoms with E-state index in [2.05, 4.69) is 11.9 Å². The highest BCUT2D eigenvalue weighted by molar-refractivity contribution is 5.79. The SMILES string of the molecule is Cc1cc2c(cc1F)nc(N)n2C1(C)CCOC1C. The number of ether oxygens (including phenoxy) is 1. The molecule has 1 fully saturated rings. The topological polar surface area (TPSA) is 53.1 Å². The molecule has 0 aliphatic carbocycles. The Hall–Kier alpha value is -1.62. The highest BCUT2D eigenvalue weighted by atomic mass is 19.1. The summed E-state index contributed by atoms with van der Waals surface area (Å²) in [6, 6.07) is 3.26. The number of benzene rings is 1. The van der Waals surface area contributed by atoms with E-state index in [1.54, 1.807) is 6.92 Å². The molecular formula is C14H18FN3O. The molecule has 2 unspecified atom stereocenters. The Labute approximate surface area is 111 Å². The first-order valence-electron chi connectivity index (χ1n) is 6.49. The summed E-state index contributed by atoms with van der Waals surface area (Å²) < 4.78 is 21.3. The third-order valence-electron chi connectivity index (χ3n) is 4.32. The summed E-state index contributed by atoms with van der Waals surface area (Å²) in [5, 5.41) is 0. The maximum absolute atomic E-state index is 13.6. The Bertz CT molecular complexity index is 652. The zero-order valence-electron chi connectivity index (χ0n) is 11.4. The molecule has 0 bridgehead atoms. The molecule has 0 spiro atoms. The second-order valence-electron chi connectivity index (χ2n) is 5.52. The van der Waals surface area contributed by atoms with Gasteiger partial charge in [-0.15, -0.1) is 0 Å². The molecule has 2 aromatic rings. The van der Waals surface area contributed by atoms with Gasteiger partial charge in [0.05, 0.1) is 22.7 Å². The molecule has 2 heterocycles. The van der Waals surface area contributed by atoms with E-state index in [1.165, 1.54) is 6.07 Å². The van der Waals surface area contributed by atoms with Crippen molar-refractivity contribution in [2.24, 2.45) is 0 Å². The average molecular weight is 263 g/mol. The van der Waals surface area contributed by atoms with Gasteiger partial charge < -0.3 is 15.0 Å². The van der Waals surface area contributed by atoms with Crippen LogP contribution in [-0.2, 0) is 10.3 Å². The molecule has 2 atom stereocenters. The van der Waals surface area contributed by atoms with Crippen molar-refractivity contribution in [3.63, 3.8) is 0 Å². The molecule has 3 rings (SSSR count). The molecule has 1 aromatic carbocycles. The maximum atomic E-state index is 13.6. The molecule has 1 aliphatic heterocycles. The van der Waals surface area contributed by atoms with Gasteiger partial charge in [0.1, 0.15) is 5.82 Å². The van der Waals surface area contributed by atoms with E-state index in [0.29, 0.717) is 23.6 Å². The number of nitrogen functional groups attached to an aromatic ring is 1. The van der Waals surface area contributed by atoms with E-state index in [9.17, 15) is 4.39 Å². The molecule has 2 N–H and O–H groups in total. The first-order chi connectivity index (χ1) is 8.93. The number of halogens is 1. The second kappa shape index (κ2) is 3.93. The van der Waals surface area contributed by atoms with Crippen molar-refractivity contribution in [2.75, 3.05) is 12.3 Å². The predicted molar refractivity (Wildman–Crippen MR) is 72.5 cm³/mol. The minimum atomic E-state index is -0.252. The second-order valence-corrected chi connectivity index (χ2v) is 5.52. The molecule has 1 aliphatic rings. The van der Waals surface area contributed by atoms with Crippen molar-refractivity contribution in [1.29, 1.82) is 0 Å². The van der Waals surface area contributed by atoms with Crippen LogP contribution in [0.15, 0.2) is 12.1 Å². The van der Waals surface area contributed by atoms with Gasteiger partial charge in [-0.25, -0.2) is 9.37 Å². The number of hydrogen-bond donors (Lipinski definition) is 1. The summed E-state index contributed by atoms with van der Waals surface area (Å²) in [6.07, 6.45) is 0.929. The fraction of sp³-hybridized carbons (Fsp3) is 0.500. The normalized spacial score (nSPS) is 27.3. The summed E-state index contributed by atoms with van der Waals surface area (Å²) in [4.78, 5) is 4.28. The van der Waals surface area contributed by atoms with Gasteiger partial charge in [0.2, 0.25) is 5.95 Å². The number of rotatable bonds is 1. The summed E-state index contributed by atoms with van der Waals surface area (Å²) in [5.74, 6) is 0.165. The third-order valence-corrected chi connectivity index (χ3v) is 4.32. The fourth-order valence-electron chi connectivity index (χ4n) is 2.88. The lowest BCUT2D eigenvalue weighted by Gasteiger charge is -2.31. The van der Waals surface area contributed by atoms with Gasteiger partial charge in [-0.3, -0.25) is 0 Å². The number of imidazole rings is 1. The number of fused-ring (bicyclic) bond motifs is 1. The molecule has 1 aromatic heterocycles. The first kappa shape index (κ1) is 12.4. The highest BCUT2D eigenvalue weighted by Crippen LogP contribution is 2.38. The van der Waals surface area contributed by atoms with Crippen LogP contribution in [0.5, 0.6) is 0 Å². The van der Waals surface area contributed by atoms with Crippen molar-refractivity contribution in [3.05, 3.63) is 23.5 Å². The van der Waals surface area contributed by atoms with Crippen LogP contribution in [0.3, 0.4) is 0 Å². The van der Waals surface area contributed by atoms with E-state index in [-0.39, 0.29) is 17.5 Å². The minimum absolute atomic E-state index is 0.0533. The summed E-state index contributed by atoms with van der Waals surface area (Å²) in [7, 11) is 0. The highest BCUT2D eigenvalue weighted by Gasteiger charge is 2.41. The van der Waals surface area contributed by atoms with E-state index in [1.807, 2.05) is 17.6 Å². The fourth-order valence-corrected chi connectivity index (χ4v) is 2.88. The number of hydrogen-bond acceptors (Lipinski definition) is 3. The third kappa shape index (κ3) is 1.64. The summed E-state index contributed by atoms with van der Waals surface area (Å²) >= 11 is 0. The van der Waals surface area contributed by atoms with Crippen molar-refractivity contribution < 1.29 is 9.13 Å². The average Bonchev–Trinajstić information content (AvgIpc) is 2.81. The number of aryl methyl sites for hydroxylation is 1. The van der Waals surface area contributed by atoms with Gasteiger partial charge in [-0.1, -0.05) is 0 Å². The van der Waals surface area contributed by atoms with Crippen LogP contribution in [-0.4, -0.2) is 22.3 Å². The first-order valence-corrected chi connectivity index (χ1v) is 6.49. The standard InChI is InChI=1S/C14H18FN3O/c1-8-6-12-11(7-10(8)15)17-13(16)18(12)14(3)4-5-19-9(14)2/h6-7,9H,4-5H2,1-3H3,(H2,16,17). The molecule has 19 heavy (non-hydrogen) atoms. The monoisotopic (exact) mass is 263 g/mol. The van der Waals surface area contributed by atoms with Crippen molar-refractivity contribution >= 4 is 17.0 Å². The molecule has 5 heteroatoms. The van der Waals surface area contributed by atoms with Crippen LogP contribution in [0.1, 0.15) is 25.8 Å². The number of aromatic nitrogens is 2. The van der Waals surface area contributed by atoms with Gasteiger partial charge in [0, 0.05) is 12.7 Å². The van der Waals surface area contributed by atoms with Gasteiger partial charge in [0.15, 0.2) is 0 Å². The van der Waals surface area contributed by atoms with Gasteiger partial charge in [0.25, 0.3) is 0 Å². The van der Waals surface area contributed by atoms with Crippen LogP contribution < -0.4 is 5.73 Å². The molecule has 0 amide bonds. The van der Waals surface area contributed by atoms with Gasteiger partial charge >= 0.3 is 0 Å². The lowest BCUT2D eigenvalue weighted by molar-refractivity contribution is 0.0783. The van der Waals surface area contributed by atoms with Crippen LogP contribution in [0.25, 0.3) is 11.0 Å². The lowest BCUT2D eigenvalue weighted by Crippen LogP contribution is -2.37. The largest absolute Gasteiger partial charge is 0.376 e. The summed E-state index contributed by atoms with van der Waals surface area (Å²) in [5.41, 5.74) is 7.89. The zero-order valence-corrected chi connectivity index (χ0v) is 11.4. The Balaban J connectivity index is 2.29. The van der Waals surface area contributed by atoms with E-state index >= 15 is 0 Å². The molecule has 1 saturated heterocycles. The molecular weight excluding hydrogens is 245 g/mol. The zero-order chi connectivity index (χ0) is 13.8. The Morgan fingerprint density at radius 1 is 1.53 bits per heavy atom. The van der Waals surface area contributed by atoms with E-state index in [4.69, 9.17) is 10.5 Å².